The van der Waals surface area contributed by atoms with Crippen molar-refractivity contribution in [2.75, 3.05) is 17.2 Å². The fourth-order valence-electron chi connectivity index (χ4n) is 2.77. The van der Waals surface area contributed by atoms with Crippen LogP contribution in [0.4, 0.5) is 11.5 Å². The Kier molecular flexibility index (Phi) is 6.04. The van der Waals surface area contributed by atoms with Crippen LogP contribution in [0.3, 0.4) is 0 Å². The van der Waals surface area contributed by atoms with Crippen molar-refractivity contribution in [2.24, 2.45) is 0 Å². The summed E-state index contributed by atoms with van der Waals surface area (Å²) < 4.78 is 0. The van der Waals surface area contributed by atoms with Gasteiger partial charge in [0.1, 0.15) is 11.5 Å². The van der Waals surface area contributed by atoms with E-state index in [9.17, 15) is 4.79 Å². The average Bonchev–Trinajstić information content (AvgIpc) is 2.66. The van der Waals surface area contributed by atoms with E-state index in [0.29, 0.717) is 16.5 Å². The highest BCUT2D eigenvalue weighted by atomic mass is 35.5. The number of aryl methyl sites for hydroxylation is 2. The van der Waals surface area contributed by atoms with Gasteiger partial charge in [0.05, 0.1) is 23.1 Å². The molecule has 1 aromatic heterocycles. The van der Waals surface area contributed by atoms with Gasteiger partial charge in [-0.15, -0.1) is 0 Å². The molecule has 1 amide bonds. The van der Waals surface area contributed by atoms with Crippen molar-refractivity contribution >= 4 is 29.0 Å². The first-order valence-electron chi connectivity index (χ1n) is 8.71. The Hall–Kier alpha value is -2.92. The Bertz CT molecular complexity index is 904. The highest BCUT2D eigenvalue weighted by Crippen LogP contribution is 2.27. The minimum Gasteiger partial charge on any atom is -0.368 e. The van der Waals surface area contributed by atoms with E-state index in [1.165, 1.54) is 11.8 Å². The molecule has 27 heavy (non-hydrogen) atoms. The number of hydrogen-bond donors (Lipinski definition) is 2. The Balaban J connectivity index is 1.59. The Morgan fingerprint density at radius 2 is 1.85 bits per heavy atom. The maximum absolute atomic E-state index is 12.4. The number of anilines is 2. The number of aromatic nitrogens is 2. The molecule has 0 spiro atoms. The van der Waals surface area contributed by atoms with Crippen LogP contribution in [0.25, 0.3) is 0 Å². The lowest BCUT2D eigenvalue weighted by atomic mass is 10.1. The van der Waals surface area contributed by atoms with Crippen LogP contribution in [0, 0.1) is 13.8 Å². The number of hydrogen-bond acceptors (Lipinski definition) is 4. The number of carbonyl (C=O) groups excluding carboxylic acids is 1. The maximum Gasteiger partial charge on any atom is 0.275 e. The van der Waals surface area contributed by atoms with Crippen molar-refractivity contribution in [3.8, 4) is 0 Å². The number of nitrogens with zero attached hydrogens (tertiary/aromatic N) is 2. The number of amides is 1. The predicted octanol–water partition coefficient (Wildman–Crippen LogP) is 4.65. The number of nitrogens with one attached hydrogen (secondary N) is 2. The molecule has 0 unspecified atom stereocenters. The summed E-state index contributed by atoms with van der Waals surface area (Å²) in [5, 5.41) is 6.53. The van der Waals surface area contributed by atoms with E-state index in [1.807, 2.05) is 44.2 Å². The molecule has 0 aliphatic rings. The molecule has 0 atom stereocenters. The summed E-state index contributed by atoms with van der Waals surface area (Å²) in [5.41, 5.74) is 4.03. The molecule has 0 saturated carbocycles. The van der Waals surface area contributed by atoms with Gasteiger partial charge in [-0.3, -0.25) is 4.79 Å². The van der Waals surface area contributed by atoms with Gasteiger partial charge in [0, 0.05) is 6.54 Å². The summed E-state index contributed by atoms with van der Waals surface area (Å²) in [4.78, 5) is 20.9. The van der Waals surface area contributed by atoms with Crippen LogP contribution in [0.15, 0.2) is 54.9 Å². The molecule has 3 aromatic rings. The molecule has 3 rings (SSSR count). The van der Waals surface area contributed by atoms with Gasteiger partial charge in [-0.05, 0) is 43.0 Å². The van der Waals surface area contributed by atoms with Gasteiger partial charge in [0.15, 0.2) is 0 Å². The second kappa shape index (κ2) is 8.64. The third kappa shape index (κ3) is 5.05. The minimum absolute atomic E-state index is 0.236. The molecular formula is C21H21ClN4O. The predicted molar refractivity (Wildman–Crippen MR) is 110 cm³/mol. The van der Waals surface area contributed by atoms with Gasteiger partial charge < -0.3 is 10.6 Å². The van der Waals surface area contributed by atoms with Crippen molar-refractivity contribution in [1.29, 1.82) is 0 Å². The summed E-state index contributed by atoms with van der Waals surface area (Å²) >= 11 is 6.24. The second-order valence-electron chi connectivity index (χ2n) is 6.34. The molecular weight excluding hydrogens is 360 g/mol. The van der Waals surface area contributed by atoms with E-state index < -0.39 is 0 Å². The molecule has 5 nitrogen and oxygen atoms in total. The molecule has 2 N–H and O–H groups in total. The number of carbonyl (C=O) groups is 1. The zero-order chi connectivity index (χ0) is 19.2. The van der Waals surface area contributed by atoms with E-state index in [1.54, 1.807) is 6.20 Å². The van der Waals surface area contributed by atoms with E-state index in [2.05, 4.69) is 32.7 Å². The van der Waals surface area contributed by atoms with Crippen LogP contribution >= 0.6 is 11.6 Å². The molecule has 6 heteroatoms. The third-order valence-electron chi connectivity index (χ3n) is 4.12. The topological polar surface area (TPSA) is 66.9 Å². The van der Waals surface area contributed by atoms with Gasteiger partial charge in [0.2, 0.25) is 0 Å². The van der Waals surface area contributed by atoms with E-state index in [-0.39, 0.29) is 11.6 Å². The van der Waals surface area contributed by atoms with Crippen LogP contribution in [0.5, 0.6) is 0 Å². The van der Waals surface area contributed by atoms with Crippen molar-refractivity contribution in [3.05, 3.63) is 82.3 Å². The van der Waals surface area contributed by atoms with Gasteiger partial charge in [0.25, 0.3) is 5.91 Å². The van der Waals surface area contributed by atoms with E-state index in [0.717, 1.165) is 24.1 Å². The molecule has 0 radical (unpaired) electrons. The summed E-state index contributed by atoms with van der Waals surface area (Å²) in [6, 6.07) is 14.0. The van der Waals surface area contributed by atoms with E-state index in [4.69, 9.17) is 11.6 Å². The highest BCUT2D eigenvalue weighted by molar-refractivity contribution is 6.34. The van der Waals surface area contributed by atoms with Crippen LogP contribution in [-0.2, 0) is 6.42 Å². The Labute approximate surface area is 163 Å². The molecule has 0 fully saturated rings. The SMILES string of the molecule is Cc1cc(C)c(NC(=O)c2cnc(NCCc3ccccc3)cn2)c(Cl)c1. The Morgan fingerprint density at radius 3 is 2.52 bits per heavy atom. The van der Waals surface area contributed by atoms with Crippen LogP contribution < -0.4 is 10.6 Å². The summed E-state index contributed by atoms with van der Waals surface area (Å²) in [6.45, 7) is 4.60. The molecule has 1 heterocycles. The molecule has 0 bridgehead atoms. The molecule has 138 valence electrons. The Morgan fingerprint density at radius 1 is 1.07 bits per heavy atom. The van der Waals surface area contributed by atoms with Gasteiger partial charge in [-0.25, -0.2) is 9.97 Å². The van der Waals surface area contributed by atoms with Crippen molar-refractivity contribution in [1.82, 2.24) is 9.97 Å². The molecule has 0 saturated heterocycles. The summed E-state index contributed by atoms with van der Waals surface area (Å²) in [7, 11) is 0. The molecule has 0 aliphatic heterocycles. The van der Waals surface area contributed by atoms with Crippen LogP contribution in [-0.4, -0.2) is 22.4 Å². The van der Waals surface area contributed by atoms with E-state index >= 15 is 0 Å². The first-order chi connectivity index (χ1) is 13.0. The first-order valence-corrected chi connectivity index (χ1v) is 9.08. The third-order valence-corrected chi connectivity index (χ3v) is 4.42. The fourth-order valence-corrected chi connectivity index (χ4v) is 3.14. The minimum atomic E-state index is -0.341. The van der Waals surface area contributed by atoms with Gasteiger partial charge >= 0.3 is 0 Å². The lowest BCUT2D eigenvalue weighted by molar-refractivity contribution is 0.102. The first kappa shape index (κ1) is 18.9. The quantitative estimate of drug-likeness (QED) is 0.653. The van der Waals surface area contributed by atoms with Gasteiger partial charge in [-0.1, -0.05) is 48.0 Å². The largest absolute Gasteiger partial charge is 0.368 e. The van der Waals surface area contributed by atoms with Gasteiger partial charge in [-0.2, -0.15) is 0 Å². The molecule has 0 aliphatic carbocycles. The van der Waals surface area contributed by atoms with Crippen LogP contribution in [0.2, 0.25) is 5.02 Å². The normalized spacial score (nSPS) is 10.5. The maximum atomic E-state index is 12.4. The number of halogens is 1. The number of benzene rings is 2. The lowest BCUT2D eigenvalue weighted by Crippen LogP contribution is -2.16. The zero-order valence-corrected chi connectivity index (χ0v) is 16.0. The average molecular weight is 381 g/mol. The smallest absolute Gasteiger partial charge is 0.275 e. The fraction of sp³-hybridized carbons (Fsp3) is 0.190. The van der Waals surface area contributed by atoms with Crippen molar-refractivity contribution in [2.45, 2.75) is 20.3 Å². The highest BCUT2D eigenvalue weighted by Gasteiger charge is 2.13. The monoisotopic (exact) mass is 380 g/mol. The zero-order valence-electron chi connectivity index (χ0n) is 15.3. The van der Waals surface area contributed by atoms with Crippen molar-refractivity contribution in [3.63, 3.8) is 0 Å². The summed E-state index contributed by atoms with van der Waals surface area (Å²) in [6.07, 6.45) is 3.90. The van der Waals surface area contributed by atoms with Crippen LogP contribution in [0.1, 0.15) is 27.2 Å². The van der Waals surface area contributed by atoms with Crippen molar-refractivity contribution < 1.29 is 4.79 Å². The molecule has 2 aromatic carbocycles. The second-order valence-corrected chi connectivity index (χ2v) is 6.75. The lowest BCUT2D eigenvalue weighted by Gasteiger charge is -2.11. The number of rotatable bonds is 6. The standard InChI is InChI=1S/C21H21ClN4O/c1-14-10-15(2)20(17(22)11-14)26-21(27)18-12-25-19(13-24-18)23-9-8-16-6-4-3-5-7-16/h3-7,10-13H,8-9H2,1-2H3,(H,23,25)(H,26,27). The summed E-state index contributed by atoms with van der Waals surface area (Å²) in [5.74, 6) is 0.291.